The van der Waals surface area contributed by atoms with Crippen molar-refractivity contribution in [3.63, 3.8) is 0 Å². The molecule has 2 aromatic carbocycles. The van der Waals surface area contributed by atoms with Crippen LogP contribution in [0, 0.1) is 11.6 Å². The summed E-state index contributed by atoms with van der Waals surface area (Å²) in [5.41, 5.74) is 0.154. The Bertz CT molecular complexity index is 785. The van der Waals surface area contributed by atoms with E-state index in [9.17, 15) is 13.9 Å². The molecule has 0 fully saturated rings. The molecule has 1 atom stereocenters. The highest BCUT2D eigenvalue weighted by Crippen LogP contribution is 2.34. The Labute approximate surface area is 123 Å². The maximum atomic E-state index is 13.8. The Morgan fingerprint density at radius 1 is 1.05 bits per heavy atom. The third-order valence-electron chi connectivity index (χ3n) is 3.03. The lowest BCUT2D eigenvalue weighted by Crippen LogP contribution is -2.00. The zero-order chi connectivity index (χ0) is 14.3. The van der Waals surface area contributed by atoms with E-state index in [4.69, 9.17) is 11.6 Å². The van der Waals surface area contributed by atoms with E-state index in [1.54, 1.807) is 12.1 Å². The minimum absolute atomic E-state index is 0.154. The fraction of sp³-hybridized carbons (Fsp3) is 0.0667. The Kier molecular flexibility index (Phi) is 3.46. The SMILES string of the molecule is OC(c1cc2ccc(F)cc2s1)c1ccc(Cl)cc1F. The highest BCUT2D eigenvalue weighted by atomic mass is 35.5. The number of hydrogen-bond donors (Lipinski definition) is 1. The van der Waals surface area contributed by atoms with Gasteiger partial charge in [0.2, 0.25) is 0 Å². The standard InChI is InChI=1S/C15H9ClF2OS/c16-9-2-4-11(12(18)6-9)15(19)14-5-8-1-3-10(17)7-13(8)20-14/h1-7,15,19H. The molecule has 0 saturated carbocycles. The number of halogens is 3. The molecular weight excluding hydrogens is 302 g/mol. The predicted octanol–water partition coefficient (Wildman–Crippen LogP) is 4.91. The molecule has 0 spiro atoms. The molecule has 0 aliphatic heterocycles. The van der Waals surface area contributed by atoms with Crippen LogP contribution in [0.25, 0.3) is 10.1 Å². The summed E-state index contributed by atoms with van der Waals surface area (Å²) in [6.07, 6.45) is -1.09. The first kappa shape index (κ1) is 13.5. The summed E-state index contributed by atoms with van der Waals surface area (Å²) in [6, 6.07) is 10.3. The maximum absolute atomic E-state index is 13.8. The smallest absolute Gasteiger partial charge is 0.130 e. The molecule has 0 bridgehead atoms. The molecule has 0 amide bonds. The van der Waals surface area contributed by atoms with E-state index in [1.165, 1.54) is 35.6 Å². The summed E-state index contributed by atoms with van der Waals surface area (Å²) >= 11 is 6.93. The van der Waals surface area contributed by atoms with Gasteiger partial charge in [-0.1, -0.05) is 23.7 Å². The summed E-state index contributed by atoms with van der Waals surface area (Å²) in [6.45, 7) is 0. The van der Waals surface area contributed by atoms with E-state index in [-0.39, 0.29) is 16.4 Å². The molecule has 1 nitrogen and oxygen atoms in total. The van der Waals surface area contributed by atoms with Gasteiger partial charge in [-0.2, -0.15) is 0 Å². The van der Waals surface area contributed by atoms with Crippen molar-refractivity contribution in [3.05, 3.63) is 69.6 Å². The van der Waals surface area contributed by atoms with Crippen LogP contribution >= 0.6 is 22.9 Å². The monoisotopic (exact) mass is 310 g/mol. The number of fused-ring (bicyclic) bond motifs is 1. The van der Waals surface area contributed by atoms with Crippen LogP contribution < -0.4 is 0 Å². The van der Waals surface area contributed by atoms with Crippen molar-refractivity contribution in [1.82, 2.24) is 0 Å². The fourth-order valence-corrected chi connectivity index (χ4v) is 3.29. The van der Waals surface area contributed by atoms with Gasteiger partial charge in [0.25, 0.3) is 0 Å². The normalized spacial score (nSPS) is 12.8. The predicted molar refractivity (Wildman–Crippen MR) is 77.3 cm³/mol. The number of aliphatic hydroxyl groups is 1. The van der Waals surface area contributed by atoms with E-state index in [1.807, 2.05) is 0 Å². The van der Waals surface area contributed by atoms with Crippen molar-refractivity contribution in [3.8, 4) is 0 Å². The molecule has 102 valence electrons. The van der Waals surface area contributed by atoms with Gasteiger partial charge in [-0.3, -0.25) is 0 Å². The Balaban J connectivity index is 2.05. The quantitative estimate of drug-likeness (QED) is 0.712. The summed E-state index contributed by atoms with van der Waals surface area (Å²) in [7, 11) is 0. The zero-order valence-electron chi connectivity index (χ0n) is 10.1. The molecule has 0 aliphatic carbocycles. The average molecular weight is 311 g/mol. The molecule has 1 unspecified atom stereocenters. The third-order valence-corrected chi connectivity index (χ3v) is 4.41. The minimum atomic E-state index is -1.09. The Morgan fingerprint density at radius 3 is 2.60 bits per heavy atom. The van der Waals surface area contributed by atoms with Gasteiger partial charge in [-0.15, -0.1) is 11.3 Å². The number of thiophene rings is 1. The third kappa shape index (κ3) is 2.42. The number of benzene rings is 2. The highest BCUT2D eigenvalue weighted by molar-refractivity contribution is 7.19. The van der Waals surface area contributed by atoms with Gasteiger partial charge >= 0.3 is 0 Å². The molecular formula is C15H9ClF2OS. The highest BCUT2D eigenvalue weighted by Gasteiger charge is 2.18. The first-order valence-corrected chi connectivity index (χ1v) is 7.06. The molecule has 0 aliphatic rings. The fourth-order valence-electron chi connectivity index (χ4n) is 2.04. The van der Waals surface area contributed by atoms with E-state index >= 15 is 0 Å². The van der Waals surface area contributed by atoms with Crippen LogP contribution in [-0.2, 0) is 0 Å². The van der Waals surface area contributed by atoms with Crippen LogP contribution in [0.1, 0.15) is 16.5 Å². The van der Waals surface area contributed by atoms with Gasteiger partial charge in [-0.05, 0) is 35.7 Å². The maximum Gasteiger partial charge on any atom is 0.130 e. The van der Waals surface area contributed by atoms with Gasteiger partial charge in [0, 0.05) is 20.2 Å². The van der Waals surface area contributed by atoms with Crippen LogP contribution in [0.2, 0.25) is 5.02 Å². The molecule has 3 rings (SSSR count). The van der Waals surface area contributed by atoms with Crippen LogP contribution in [0.15, 0.2) is 42.5 Å². The van der Waals surface area contributed by atoms with Crippen molar-refractivity contribution < 1.29 is 13.9 Å². The summed E-state index contributed by atoms with van der Waals surface area (Å²) in [5, 5.41) is 11.4. The zero-order valence-corrected chi connectivity index (χ0v) is 11.7. The van der Waals surface area contributed by atoms with Gasteiger partial charge in [-0.25, -0.2) is 8.78 Å². The van der Waals surface area contributed by atoms with E-state index in [0.29, 0.717) is 9.58 Å². The Morgan fingerprint density at radius 2 is 1.85 bits per heavy atom. The molecule has 1 heterocycles. The van der Waals surface area contributed by atoms with Crippen molar-refractivity contribution in [2.75, 3.05) is 0 Å². The van der Waals surface area contributed by atoms with Crippen LogP contribution in [0.3, 0.4) is 0 Å². The second kappa shape index (κ2) is 5.13. The van der Waals surface area contributed by atoms with E-state index in [0.717, 1.165) is 11.5 Å². The molecule has 0 saturated heterocycles. The molecule has 1 aromatic heterocycles. The van der Waals surface area contributed by atoms with Crippen LogP contribution in [0.5, 0.6) is 0 Å². The van der Waals surface area contributed by atoms with Crippen molar-refractivity contribution in [2.45, 2.75) is 6.10 Å². The minimum Gasteiger partial charge on any atom is -0.383 e. The van der Waals surface area contributed by atoms with E-state index in [2.05, 4.69) is 0 Å². The van der Waals surface area contributed by atoms with Gasteiger partial charge in [0.05, 0.1) is 0 Å². The number of rotatable bonds is 2. The number of hydrogen-bond acceptors (Lipinski definition) is 2. The number of aliphatic hydroxyl groups excluding tert-OH is 1. The topological polar surface area (TPSA) is 20.2 Å². The van der Waals surface area contributed by atoms with Crippen molar-refractivity contribution >= 4 is 33.0 Å². The summed E-state index contributed by atoms with van der Waals surface area (Å²) in [4.78, 5) is 0.562. The van der Waals surface area contributed by atoms with Crippen molar-refractivity contribution in [1.29, 1.82) is 0 Å². The van der Waals surface area contributed by atoms with Crippen molar-refractivity contribution in [2.24, 2.45) is 0 Å². The molecule has 5 heteroatoms. The lowest BCUT2D eigenvalue weighted by molar-refractivity contribution is 0.219. The largest absolute Gasteiger partial charge is 0.383 e. The second-order valence-electron chi connectivity index (χ2n) is 4.40. The van der Waals surface area contributed by atoms with Crippen LogP contribution in [-0.4, -0.2) is 5.11 Å². The van der Waals surface area contributed by atoms with E-state index < -0.39 is 11.9 Å². The second-order valence-corrected chi connectivity index (χ2v) is 5.95. The molecule has 0 radical (unpaired) electrons. The average Bonchev–Trinajstić information content (AvgIpc) is 2.81. The van der Waals surface area contributed by atoms with Gasteiger partial charge in [0.15, 0.2) is 0 Å². The van der Waals surface area contributed by atoms with Crippen LogP contribution in [0.4, 0.5) is 8.78 Å². The molecule has 3 aromatic rings. The Hall–Kier alpha value is -1.49. The lowest BCUT2D eigenvalue weighted by atomic mass is 10.1. The van der Waals surface area contributed by atoms with Gasteiger partial charge in [0.1, 0.15) is 17.7 Å². The summed E-state index contributed by atoms with van der Waals surface area (Å²) < 4.78 is 27.7. The molecule has 1 N–H and O–H groups in total. The first-order chi connectivity index (χ1) is 9.54. The summed E-state index contributed by atoms with van der Waals surface area (Å²) in [5.74, 6) is -0.897. The lowest BCUT2D eigenvalue weighted by Gasteiger charge is -2.10. The molecule has 20 heavy (non-hydrogen) atoms. The first-order valence-electron chi connectivity index (χ1n) is 5.86. The van der Waals surface area contributed by atoms with Gasteiger partial charge < -0.3 is 5.11 Å².